The minimum Gasteiger partial charge on any atom is -0.491 e. The Balaban J connectivity index is 1.99. The first-order valence-corrected chi connectivity index (χ1v) is 15.0. The van der Waals surface area contributed by atoms with Crippen molar-refractivity contribution in [3.8, 4) is 5.75 Å². The number of esters is 1. The van der Waals surface area contributed by atoms with Gasteiger partial charge in [-0.1, -0.05) is 32.9 Å². The van der Waals surface area contributed by atoms with Gasteiger partial charge in [0.15, 0.2) is 8.32 Å². The van der Waals surface area contributed by atoms with Gasteiger partial charge in [0.25, 0.3) is 0 Å². The number of likely N-dealkylation sites (tertiary alicyclic amines) is 1. The highest BCUT2D eigenvalue weighted by Crippen LogP contribution is 2.37. The van der Waals surface area contributed by atoms with Gasteiger partial charge >= 0.3 is 12.1 Å². The molecular formula is C26H43NO6Si. The molecule has 192 valence electrons. The molecule has 0 N–H and O–H groups in total. The Morgan fingerprint density at radius 2 is 1.65 bits per heavy atom. The SMILES string of the molecule is COC(=O)C1CN(C(=O)OC(C)(C)C)CCC1c1ccc(OCCO[Si](C)(C)C(C)(C)C)cc1. The van der Waals surface area contributed by atoms with Gasteiger partial charge in [-0.2, -0.15) is 0 Å². The predicted molar refractivity (Wildman–Crippen MR) is 136 cm³/mol. The van der Waals surface area contributed by atoms with E-state index < -0.39 is 25.9 Å². The molecular weight excluding hydrogens is 450 g/mol. The van der Waals surface area contributed by atoms with E-state index >= 15 is 0 Å². The van der Waals surface area contributed by atoms with Crippen LogP contribution in [0.15, 0.2) is 24.3 Å². The molecule has 0 aromatic heterocycles. The number of rotatable bonds is 7. The second-order valence-corrected chi connectivity index (χ2v) is 16.3. The highest BCUT2D eigenvalue weighted by Gasteiger charge is 2.39. The standard InChI is InChI=1S/C26H43NO6Si/c1-25(2,3)33-24(29)27-15-14-21(22(18-27)23(28)30-7)19-10-12-20(13-11-19)31-16-17-32-34(8,9)26(4,5)6/h10-13,21-22H,14-18H2,1-9H3. The molecule has 0 bridgehead atoms. The Labute approximate surface area is 206 Å². The Kier molecular flexibility index (Phi) is 9.21. The van der Waals surface area contributed by atoms with Crippen LogP contribution in [0.25, 0.3) is 0 Å². The second-order valence-electron chi connectivity index (χ2n) is 11.5. The number of hydrogen-bond donors (Lipinski definition) is 0. The van der Waals surface area contributed by atoms with E-state index in [0.717, 1.165) is 11.3 Å². The molecule has 8 heteroatoms. The van der Waals surface area contributed by atoms with Gasteiger partial charge in [-0.15, -0.1) is 0 Å². The number of carbonyl (C=O) groups is 2. The molecule has 7 nitrogen and oxygen atoms in total. The van der Waals surface area contributed by atoms with Crippen LogP contribution >= 0.6 is 0 Å². The van der Waals surface area contributed by atoms with E-state index in [0.29, 0.717) is 26.2 Å². The fraction of sp³-hybridized carbons (Fsp3) is 0.692. The first-order chi connectivity index (χ1) is 15.6. The van der Waals surface area contributed by atoms with Gasteiger partial charge in [-0.3, -0.25) is 4.79 Å². The van der Waals surface area contributed by atoms with Crippen LogP contribution in [0.5, 0.6) is 5.75 Å². The van der Waals surface area contributed by atoms with E-state index in [1.807, 2.05) is 45.0 Å². The summed E-state index contributed by atoms with van der Waals surface area (Å²) in [6.45, 7) is 18.5. The molecule has 1 amide bonds. The average Bonchev–Trinajstić information content (AvgIpc) is 2.74. The average molecular weight is 494 g/mol. The van der Waals surface area contributed by atoms with Crippen LogP contribution < -0.4 is 4.74 Å². The number of piperidine rings is 1. The zero-order valence-corrected chi connectivity index (χ0v) is 23.4. The van der Waals surface area contributed by atoms with Crippen LogP contribution in [-0.2, 0) is 18.7 Å². The van der Waals surface area contributed by atoms with Crippen molar-refractivity contribution < 1.29 is 28.2 Å². The maximum atomic E-state index is 12.6. The maximum absolute atomic E-state index is 12.6. The van der Waals surface area contributed by atoms with Crippen molar-refractivity contribution in [3.05, 3.63) is 29.8 Å². The van der Waals surface area contributed by atoms with Crippen LogP contribution in [0.1, 0.15) is 59.4 Å². The van der Waals surface area contributed by atoms with Crippen LogP contribution in [0.2, 0.25) is 18.1 Å². The van der Waals surface area contributed by atoms with Crippen molar-refractivity contribution in [2.45, 2.75) is 77.6 Å². The Hall–Kier alpha value is -2.06. The normalized spacial score (nSPS) is 19.5. The summed E-state index contributed by atoms with van der Waals surface area (Å²) in [6, 6.07) is 7.84. The molecule has 1 saturated heterocycles. The lowest BCUT2D eigenvalue weighted by Crippen LogP contribution is -2.47. The third-order valence-electron chi connectivity index (χ3n) is 6.70. The lowest BCUT2D eigenvalue weighted by molar-refractivity contribution is -0.148. The summed E-state index contributed by atoms with van der Waals surface area (Å²) in [5, 5.41) is 0.171. The summed E-state index contributed by atoms with van der Waals surface area (Å²) < 4.78 is 22.6. The van der Waals surface area contributed by atoms with Crippen molar-refractivity contribution in [1.29, 1.82) is 0 Å². The van der Waals surface area contributed by atoms with E-state index in [-0.39, 0.29) is 23.5 Å². The quantitative estimate of drug-likeness (QED) is 0.280. The Morgan fingerprint density at radius 1 is 1.03 bits per heavy atom. The molecule has 0 saturated carbocycles. The first kappa shape index (κ1) is 28.2. The molecule has 2 rings (SSSR count). The van der Waals surface area contributed by atoms with Crippen molar-refractivity contribution in [3.63, 3.8) is 0 Å². The highest BCUT2D eigenvalue weighted by molar-refractivity contribution is 6.74. The number of methoxy groups -OCH3 is 1. The number of amides is 1. The monoisotopic (exact) mass is 493 g/mol. The van der Waals surface area contributed by atoms with Gasteiger partial charge in [0, 0.05) is 19.0 Å². The molecule has 1 aromatic rings. The van der Waals surface area contributed by atoms with Crippen molar-refractivity contribution in [2.24, 2.45) is 5.92 Å². The lowest BCUT2D eigenvalue weighted by atomic mass is 9.80. The van der Waals surface area contributed by atoms with Gasteiger partial charge < -0.3 is 23.5 Å². The largest absolute Gasteiger partial charge is 0.491 e. The van der Waals surface area contributed by atoms with Gasteiger partial charge in [-0.05, 0) is 63.0 Å². The molecule has 0 spiro atoms. The molecule has 1 aromatic carbocycles. The molecule has 1 aliphatic rings. The maximum Gasteiger partial charge on any atom is 0.410 e. The van der Waals surface area contributed by atoms with Gasteiger partial charge in [0.2, 0.25) is 0 Å². The minimum absolute atomic E-state index is 0.0397. The molecule has 1 aliphatic heterocycles. The van der Waals surface area contributed by atoms with Gasteiger partial charge in [-0.25, -0.2) is 4.79 Å². The second kappa shape index (κ2) is 11.1. The molecule has 0 aliphatic carbocycles. The van der Waals surface area contributed by atoms with E-state index in [2.05, 4.69) is 33.9 Å². The number of ether oxygens (including phenoxy) is 3. The van der Waals surface area contributed by atoms with Crippen LogP contribution in [-0.4, -0.2) is 64.3 Å². The van der Waals surface area contributed by atoms with E-state index in [9.17, 15) is 9.59 Å². The molecule has 34 heavy (non-hydrogen) atoms. The summed E-state index contributed by atoms with van der Waals surface area (Å²) in [5.41, 5.74) is 0.448. The fourth-order valence-electron chi connectivity index (χ4n) is 3.72. The van der Waals surface area contributed by atoms with E-state index in [1.165, 1.54) is 7.11 Å². The zero-order chi connectivity index (χ0) is 25.7. The third-order valence-corrected chi connectivity index (χ3v) is 11.2. The van der Waals surface area contributed by atoms with E-state index in [1.54, 1.807) is 4.90 Å². The predicted octanol–water partition coefficient (Wildman–Crippen LogP) is 5.60. The van der Waals surface area contributed by atoms with Crippen LogP contribution in [0.3, 0.4) is 0 Å². The summed E-state index contributed by atoms with van der Waals surface area (Å²) in [4.78, 5) is 26.7. The molecule has 2 unspecified atom stereocenters. The third kappa shape index (κ3) is 7.73. The highest BCUT2D eigenvalue weighted by atomic mass is 28.4. The Bertz CT molecular complexity index is 825. The Morgan fingerprint density at radius 3 is 2.18 bits per heavy atom. The zero-order valence-electron chi connectivity index (χ0n) is 22.4. The van der Waals surface area contributed by atoms with Crippen LogP contribution in [0, 0.1) is 5.92 Å². The fourth-order valence-corrected chi connectivity index (χ4v) is 4.74. The van der Waals surface area contributed by atoms with Gasteiger partial charge in [0.1, 0.15) is 18.0 Å². The van der Waals surface area contributed by atoms with Crippen molar-refractivity contribution in [2.75, 3.05) is 33.4 Å². The van der Waals surface area contributed by atoms with Gasteiger partial charge in [0.05, 0.1) is 19.6 Å². The van der Waals surface area contributed by atoms with E-state index in [4.69, 9.17) is 18.6 Å². The van der Waals surface area contributed by atoms with Crippen molar-refractivity contribution in [1.82, 2.24) is 4.90 Å². The summed E-state index contributed by atoms with van der Waals surface area (Å²) >= 11 is 0. The summed E-state index contributed by atoms with van der Waals surface area (Å²) in [7, 11) is -0.401. The molecule has 2 atom stereocenters. The van der Waals surface area contributed by atoms with Crippen LogP contribution in [0.4, 0.5) is 4.79 Å². The number of carbonyl (C=O) groups excluding carboxylic acids is 2. The smallest absolute Gasteiger partial charge is 0.410 e. The molecule has 1 fully saturated rings. The molecule has 0 radical (unpaired) electrons. The number of benzene rings is 1. The topological polar surface area (TPSA) is 74.3 Å². The summed E-state index contributed by atoms with van der Waals surface area (Å²) in [5.74, 6) is -0.0390. The molecule has 1 heterocycles. The number of nitrogens with zero attached hydrogens (tertiary/aromatic N) is 1. The van der Waals surface area contributed by atoms with Crippen molar-refractivity contribution >= 4 is 20.4 Å². The summed E-state index contributed by atoms with van der Waals surface area (Å²) in [6.07, 6.45) is 0.253. The lowest BCUT2D eigenvalue weighted by Gasteiger charge is -2.38. The number of hydrogen-bond acceptors (Lipinski definition) is 6. The first-order valence-electron chi connectivity index (χ1n) is 12.1. The minimum atomic E-state index is -1.78.